The van der Waals surface area contributed by atoms with Crippen LogP contribution >= 0.6 is 0 Å². The van der Waals surface area contributed by atoms with Gasteiger partial charge in [0, 0.05) is 69.2 Å². The van der Waals surface area contributed by atoms with Crippen LogP contribution in [-0.4, -0.2) is 50.9 Å². The minimum Gasteiger partial charge on any atom is -0.373 e. The predicted molar refractivity (Wildman–Crippen MR) is 108 cm³/mol. The largest absolute Gasteiger partial charge is 0.373 e. The van der Waals surface area contributed by atoms with Crippen molar-refractivity contribution < 1.29 is 13.5 Å². The monoisotopic (exact) mass is 414 g/mol. The lowest BCUT2D eigenvalue weighted by molar-refractivity contribution is -0.114. The van der Waals surface area contributed by atoms with E-state index in [4.69, 9.17) is 9.72 Å². The van der Waals surface area contributed by atoms with E-state index in [0.717, 1.165) is 29.2 Å². The van der Waals surface area contributed by atoms with Crippen molar-refractivity contribution in [3.05, 3.63) is 36.3 Å². The first-order valence-electron chi connectivity index (χ1n) is 10.1. The molecule has 1 fully saturated rings. The van der Waals surface area contributed by atoms with Gasteiger partial charge in [0.05, 0.1) is 13.2 Å². The number of fused-ring (bicyclic) bond motifs is 1. The molecule has 0 bridgehead atoms. The summed E-state index contributed by atoms with van der Waals surface area (Å²) in [6, 6.07) is 5.89. The van der Waals surface area contributed by atoms with E-state index in [9.17, 15) is 8.78 Å². The normalized spacial score (nSPS) is 18.1. The number of alkyl halides is 2. The fourth-order valence-electron chi connectivity index (χ4n) is 4.09. The van der Waals surface area contributed by atoms with Gasteiger partial charge in [-0.1, -0.05) is 0 Å². The van der Waals surface area contributed by atoms with Gasteiger partial charge in [-0.2, -0.15) is 5.10 Å². The van der Waals surface area contributed by atoms with Crippen molar-refractivity contribution >= 4 is 5.82 Å². The molecule has 0 atom stereocenters. The minimum atomic E-state index is -2.55. The van der Waals surface area contributed by atoms with Gasteiger partial charge >= 0.3 is 0 Å². The molecule has 3 aromatic heterocycles. The van der Waals surface area contributed by atoms with Gasteiger partial charge in [-0.25, -0.2) is 23.4 Å². The van der Waals surface area contributed by atoms with Gasteiger partial charge in [-0.15, -0.1) is 0 Å². The number of nitrogens with zero attached hydrogens (tertiary/aromatic N) is 6. The highest BCUT2D eigenvalue weighted by atomic mass is 19.3. The molecule has 30 heavy (non-hydrogen) atoms. The SMILES string of the molecule is CN(C)c1ccc(-c2nc(-c3cc4n(c3)CCOC4)n(CC3CC(F)(F)C3)n2)cn1. The molecule has 9 heteroatoms. The van der Waals surface area contributed by atoms with Crippen LogP contribution in [-0.2, 0) is 24.4 Å². The van der Waals surface area contributed by atoms with Crippen molar-refractivity contribution in [3.63, 3.8) is 0 Å². The third-order valence-electron chi connectivity index (χ3n) is 5.71. The van der Waals surface area contributed by atoms with Crippen molar-refractivity contribution in [1.29, 1.82) is 0 Å². The van der Waals surface area contributed by atoms with E-state index in [1.807, 2.05) is 43.4 Å². The van der Waals surface area contributed by atoms with E-state index in [2.05, 4.69) is 14.6 Å². The van der Waals surface area contributed by atoms with Crippen LogP contribution in [0, 0.1) is 5.92 Å². The first kappa shape index (κ1) is 19.2. The van der Waals surface area contributed by atoms with E-state index in [1.54, 1.807) is 10.9 Å². The second-order valence-corrected chi connectivity index (χ2v) is 8.34. The van der Waals surface area contributed by atoms with Crippen molar-refractivity contribution in [1.82, 2.24) is 24.3 Å². The Balaban J connectivity index is 1.50. The molecule has 1 aliphatic heterocycles. The molecule has 0 radical (unpaired) electrons. The fraction of sp³-hybridized carbons (Fsp3) is 0.476. The molecule has 0 N–H and O–H groups in total. The third-order valence-corrected chi connectivity index (χ3v) is 5.71. The molecule has 2 aliphatic rings. The molecule has 7 nitrogen and oxygen atoms in total. The van der Waals surface area contributed by atoms with Gasteiger partial charge < -0.3 is 14.2 Å². The van der Waals surface area contributed by atoms with E-state index in [0.29, 0.717) is 31.4 Å². The molecule has 5 rings (SSSR count). The minimum absolute atomic E-state index is 0.0943. The molecule has 1 saturated carbocycles. The van der Waals surface area contributed by atoms with E-state index >= 15 is 0 Å². The van der Waals surface area contributed by atoms with Gasteiger partial charge in [0.1, 0.15) is 5.82 Å². The Morgan fingerprint density at radius 3 is 2.73 bits per heavy atom. The zero-order chi connectivity index (χ0) is 20.9. The Morgan fingerprint density at radius 1 is 1.23 bits per heavy atom. The molecule has 0 aromatic carbocycles. The summed E-state index contributed by atoms with van der Waals surface area (Å²) in [7, 11) is 3.86. The Morgan fingerprint density at radius 2 is 2.07 bits per heavy atom. The lowest BCUT2D eigenvalue weighted by Crippen LogP contribution is -2.37. The molecule has 158 valence electrons. The van der Waals surface area contributed by atoms with E-state index < -0.39 is 5.92 Å². The zero-order valence-electron chi connectivity index (χ0n) is 17.1. The van der Waals surface area contributed by atoms with Crippen molar-refractivity contribution in [2.45, 2.75) is 38.5 Å². The fourth-order valence-corrected chi connectivity index (χ4v) is 4.09. The van der Waals surface area contributed by atoms with Crippen LogP contribution in [0.4, 0.5) is 14.6 Å². The highest BCUT2D eigenvalue weighted by Gasteiger charge is 2.45. The lowest BCUT2D eigenvalue weighted by Gasteiger charge is -2.34. The summed E-state index contributed by atoms with van der Waals surface area (Å²) in [5.74, 6) is -0.557. The average Bonchev–Trinajstić information content (AvgIpc) is 3.30. The smallest absolute Gasteiger partial charge is 0.248 e. The molecule has 1 aliphatic carbocycles. The highest BCUT2D eigenvalue weighted by Crippen LogP contribution is 2.43. The van der Waals surface area contributed by atoms with Crippen LogP contribution in [0.25, 0.3) is 22.8 Å². The van der Waals surface area contributed by atoms with Crippen molar-refractivity contribution in [2.24, 2.45) is 5.92 Å². The van der Waals surface area contributed by atoms with Crippen LogP contribution in [0.1, 0.15) is 18.5 Å². The Kier molecular flexibility index (Phi) is 4.57. The number of ether oxygens (including phenoxy) is 1. The van der Waals surface area contributed by atoms with Gasteiger partial charge in [-0.3, -0.25) is 0 Å². The van der Waals surface area contributed by atoms with Crippen LogP contribution in [0.15, 0.2) is 30.6 Å². The maximum atomic E-state index is 13.4. The lowest BCUT2D eigenvalue weighted by atomic mass is 9.81. The first-order valence-corrected chi connectivity index (χ1v) is 10.1. The summed E-state index contributed by atoms with van der Waals surface area (Å²) in [5, 5.41) is 4.67. The number of hydrogen-bond donors (Lipinski definition) is 0. The number of anilines is 1. The summed E-state index contributed by atoms with van der Waals surface area (Å²) in [5.41, 5.74) is 2.81. The van der Waals surface area contributed by atoms with Gasteiger partial charge in [0.15, 0.2) is 11.6 Å². The molecule has 0 spiro atoms. The number of hydrogen-bond acceptors (Lipinski definition) is 5. The second-order valence-electron chi connectivity index (χ2n) is 8.34. The number of rotatable bonds is 5. The summed E-state index contributed by atoms with van der Waals surface area (Å²) >= 11 is 0. The summed E-state index contributed by atoms with van der Waals surface area (Å²) in [6.07, 6.45) is 3.60. The number of aromatic nitrogens is 5. The average molecular weight is 414 g/mol. The van der Waals surface area contributed by atoms with E-state index in [1.165, 1.54) is 0 Å². The molecule has 0 amide bonds. The molecule has 3 aromatic rings. The van der Waals surface area contributed by atoms with Crippen LogP contribution in [0.3, 0.4) is 0 Å². The topological polar surface area (TPSA) is 61.0 Å². The molecule has 0 saturated heterocycles. The summed E-state index contributed by atoms with van der Waals surface area (Å²) in [4.78, 5) is 11.1. The summed E-state index contributed by atoms with van der Waals surface area (Å²) in [6.45, 7) is 2.46. The Bertz CT molecular complexity index is 1020. The summed E-state index contributed by atoms with van der Waals surface area (Å²) < 4.78 is 36.2. The highest BCUT2D eigenvalue weighted by molar-refractivity contribution is 5.62. The van der Waals surface area contributed by atoms with Crippen LogP contribution in [0.5, 0.6) is 0 Å². The van der Waals surface area contributed by atoms with Gasteiger partial charge in [0.25, 0.3) is 0 Å². The molecule has 0 unspecified atom stereocenters. The predicted octanol–water partition coefficient (Wildman–Crippen LogP) is 3.45. The standard InChI is InChI=1S/C21H24F2N6O/c1-27(2)18-4-3-15(10-24-18)19-25-20(16-7-17-13-30-6-5-28(17)12-16)29(26-19)11-14-8-21(22,23)9-14/h3-4,7,10,12,14H,5-6,8-9,11,13H2,1-2H3. The molecular weight excluding hydrogens is 390 g/mol. The first-order chi connectivity index (χ1) is 14.4. The number of halogens is 2. The second kappa shape index (κ2) is 7.16. The van der Waals surface area contributed by atoms with E-state index in [-0.39, 0.29) is 18.8 Å². The molecule has 4 heterocycles. The number of pyridine rings is 1. The Labute approximate surface area is 173 Å². The van der Waals surface area contributed by atoms with Gasteiger partial charge in [-0.05, 0) is 24.1 Å². The van der Waals surface area contributed by atoms with Crippen molar-refractivity contribution in [3.8, 4) is 22.8 Å². The van der Waals surface area contributed by atoms with Crippen LogP contribution < -0.4 is 4.90 Å². The maximum absolute atomic E-state index is 13.4. The zero-order valence-corrected chi connectivity index (χ0v) is 17.1. The third kappa shape index (κ3) is 3.58. The van der Waals surface area contributed by atoms with Crippen molar-refractivity contribution in [2.75, 3.05) is 25.6 Å². The molecular formula is C21H24F2N6O. The maximum Gasteiger partial charge on any atom is 0.248 e. The van der Waals surface area contributed by atoms with Crippen LogP contribution in [0.2, 0.25) is 0 Å². The van der Waals surface area contributed by atoms with Gasteiger partial charge in [0.2, 0.25) is 5.92 Å². The Hall–Kier alpha value is -2.81. The quantitative estimate of drug-likeness (QED) is 0.640.